The topological polar surface area (TPSA) is 68.8 Å². The lowest BCUT2D eigenvalue weighted by atomic mass is 10.1. The number of amides is 1. The van der Waals surface area contributed by atoms with Crippen molar-refractivity contribution in [2.75, 3.05) is 52.5 Å². The summed E-state index contributed by atoms with van der Waals surface area (Å²) in [7, 11) is 0. The number of nitrogens with one attached hydrogen (secondary N) is 1. The van der Waals surface area contributed by atoms with Gasteiger partial charge < -0.3 is 19.7 Å². The first kappa shape index (κ1) is 16.0. The lowest BCUT2D eigenvalue weighted by Crippen LogP contribution is -2.43. The van der Waals surface area contributed by atoms with Crippen LogP contribution < -0.4 is 0 Å². The van der Waals surface area contributed by atoms with Gasteiger partial charge in [0.05, 0.1) is 19.8 Å². The molecule has 0 saturated carbocycles. The standard InChI is InChI=1S/C17H23N3O3/c21-11-8-20(7-6-19-9-12-23-13-10-19)17(22)15-2-1-3-16-14(15)4-5-18-16/h1-5,18,21H,6-13H2. The molecule has 1 aromatic heterocycles. The molecule has 6 heteroatoms. The molecule has 1 saturated heterocycles. The minimum atomic E-state index is -0.0301. The monoisotopic (exact) mass is 317 g/mol. The van der Waals surface area contributed by atoms with Crippen LogP contribution in [0.15, 0.2) is 30.5 Å². The maximum atomic E-state index is 12.9. The predicted molar refractivity (Wildman–Crippen MR) is 88.5 cm³/mol. The third-order valence-corrected chi connectivity index (χ3v) is 4.27. The summed E-state index contributed by atoms with van der Waals surface area (Å²) in [4.78, 5) is 20.0. The van der Waals surface area contributed by atoms with E-state index in [4.69, 9.17) is 4.74 Å². The Morgan fingerprint density at radius 2 is 2.09 bits per heavy atom. The molecule has 2 N–H and O–H groups in total. The van der Waals surface area contributed by atoms with Gasteiger partial charge in [0.1, 0.15) is 0 Å². The van der Waals surface area contributed by atoms with Crippen molar-refractivity contribution in [3.05, 3.63) is 36.0 Å². The molecule has 23 heavy (non-hydrogen) atoms. The molecule has 0 spiro atoms. The Hall–Kier alpha value is -1.89. The number of hydrogen-bond acceptors (Lipinski definition) is 4. The number of morpholine rings is 1. The van der Waals surface area contributed by atoms with E-state index in [-0.39, 0.29) is 12.5 Å². The molecule has 1 amide bonds. The molecule has 0 radical (unpaired) electrons. The number of aliphatic hydroxyl groups is 1. The Balaban J connectivity index is 1.71. The summed E-state index contributed by atoms with van der Waals surface area (Å²) in [5, 5.41) is 10.2. The molecule has 2 heterocycles. The molecule has 0 unspecified atom stereocenters. The lowest BCUT2D eigenvalue weighted by Gasteiger charge is -2.30. The van der Waals surface area contributed by atoms with E-state index in [0.29, 0.717) is 18.7 Å². The number of rotatable bonds is 6. The summed E-state index contributed by atoms with van der Waals surface area (Å²) in [6, 6.07) is 7.60. The second-order valence-corrected chi connectivity index (χ2v) is 5.71. The Morgan fingerprint density at radius 1 is 1.26 bits per heavy atom. The summed E-state index contributed by atoms with van der Waals surface area (Å²) in [5.74, 6) is -0.0301. The van der Waals surface area contributed by atoms with E-state index in [9.17, 15) is 9.90 Å². The molecule has 1 aromatic carbocycles. The van der Waals surface area contributed by atoms with Gasteiger partial charge in [0.15, 0.2) is 0 Å². The quantitative estimate of drug-likeness (QED) is 0.832. The average Bonchev–Trinajstić information content (AvgIpc) is 3.07. The summed E-state index contributed by atoms with van der Waals surface area (Å²) < 4.78 is 5.34. The summed E-state index contributed by atoms with van der Waals surface area (Å²) in [6.07, 6.45) is 1.84. The zero-order valence-corrected chi connectivity index (χ0v) is 13.2. The van der Waals surface area contributed by atoms with Crippen molar-refractivity contribution >= 4 is 16.8 Å². The van der Waals surface area contributed by atoms with Crippen LogP contribution in [0, 0.1) is 0 Å². The number of ether oxygens (including phenoxy) is 1. The number of fused-ring (bicyclic) bond motifs is 1. The van der Waals surface area contributed by atoms with Crippen LogP contribution in [0.25, 0.3) is 10.9 Å². The first-order chi connectivity index (χ1) is 11.3. The molecular weight excluding hydrogens is 294 g/mol. The highest BCUT2D eigenvalue weighted by Gasteiger charge is 2.19. The molecular formula is C17H23N3O3. The van der Waals surface area contributed by atoms with Gasteiger partial charge in [-0.3, -0.25) is 9.69 Å². The van der Waals surface area contributed by atoms with E-state index in [1.165, 1.54) is 0 Å². The fourth-order valence-electron chi connectivity index (χ4n) is 2.96. The summed E-state index contributed by atoms with van der Waals surface area (Å²) in [5.41, 5.74) is 1.63. The summed E-state index contributed by atoms with van der Waals surface area (Å²) >= 11 is 0. The third kappa shape index (κ3) is 3.72. The van der Waals surface area contributed by atoms with Crippen LogP contribution >= 0.6 is 0 Å². The molecule has 1 fully saturated rings. The summed E-state index contributed by atoms with van der Waals surface area (Å²) in [6.45, 7) is 5.02. The van der Waals surface area contributed by atoms with Crippen molar-refractivity contribution in [1.29, 1.82) is 0 Å². The SMILES string of the molecule is O=C(c1cccc2[nH]ccc12)N(CCO)CCN1CCOCC1. The molecule has 2 aromatic rings. The molecule has 0 bridgehead atoms. The fourth-order valence-corrected chi connectivity index (χ4v) is 2.96. The van der Waals surface area contributed by atoms with E-state index in [1.807, 2.05) is 30.5 Å². The van der Waals surface area contributed by atoms with Gasteiger partial charge in [0.25, 0.3) is 5.91 Å². The molecule has 0 aliphatic carbocycles. The van der Waals surface area contributed by atoms with E-state index < -0.39 is 0 Å². The van der Waals surface area contributed by atoms with Crippen molar-refractivity contribution in [2.45, 2.75) is 0 Å². The van der Waals surface area contributed by atoms with E-state index in [0.717, 1.165) is 43.8 Å². The largest absolute Gasteiger partial charge is 0.395 e. The Morgan fingerprint density at radius 3 is 2.87 bits per heavy atom. The van der Waals surface area contributed by atoms with Gasteiger partial charge in [-0.15, -0.1) is 0 Å². The zero-order valence-electron chi connectivity index (χ0n) is 13.2. The first-order valence-corrected chi connectivity index (χ1v) is 8.06. The smallest absolute Gasteiger partial charge is 0.254 e. The zero-order chi connectivity index (χ0) is 16.1. The normalized spacial score (nSPS) is 15.9. The van der Waals surface area contributed by atoms with Gasteiger partial charge in [0, 0.05) is 55.4 Å². The third-order valence-electron chi connectivity index (χ3n) is 4.27. The van der Waals surface area contributed by atoms with Gasteiger partial charge in [0.2, 0.25) is 0 Å². The molecule has 0 atom stereocenters. The van der Waals surface area contributed by atoms with Crippen LogP contribution in [0.3, 0.4) is 0 Å². The number of hydrogen-bond donors (Lipinski definition) is 2. The highest BCUT2D eigenvalue weighted by atomic mass is 16.5. The number of aliphatic hydroxyl groups excluding tert-OH is 1. The first-order valence-electron chi connectivity index (χ1n) is 8.06. The number of carbonyl (C=O) groups excluding carboxylic acids is 1. The highest BCUT2D eigenvalue weighted by molar-refractivity contribution is 6.06. The number of aromatic nitrogens is 1. The Labute approximate surface area is 135 Å². The minimum Gasteiger partial charge on any atom is -0.395 e. The molecule has 6 nitrogen and oxygen atoms in total. The van der Waals surface area contributed by atoms with Gasteiger partial charge >= 0.3 is 0 Å². The van der Waals surface area contributed by atoms with E-state index in [1.54, 1.807) is 4.90 Å². The number of carbonyl (C=O) groups is 1. The average molecular weight is 317 g/mol. The van der Waals surface area contributed by atoms with E-state index >= 15 is 0 Å². The van der Waals surface area contributed by atoms with Gasteiger partial charge in [-0.1, -0.05) is 6.07 Å². The lowest BCUT2D eigenvalue weighted by molar-refractivity contribution is 0.0315. The highest BCUT2D eigenvalue weighted by Crippen LogP contribution is 2.19. The van der Waals surface area contributed by atoms with Crippen LogP contribution in [-0.2, 0) is 4.74 Å². The van der Waals surface area contributed by atoms with E-state index in [2.05, 4.69) is 9.88 Å². The van der Waals surface area contributed by atoms with Crippen molar-refractivity contribution < 1.29 is 14.6 Å². The Bertz CT molecular complexity index is 649. The van der Waals surface area contributed by atoms with Crippen LogP contribution in [0.5, 0.6) is 0 Å². The molecule has 124 valence electrons. The molecule has 1 aliphatic heterocycles. The van der Waals surface area contributed by atoms with Crippen molar-refractivity contribution in [3.8, 4) is 0 Å². The number of benzene rings is 1. The number of H-pyrrole nitrogens is 1. The van der Waals surface area contributed by atoms with Crippen LogP contribution in [-0.4, -0.2) is 78.3 Å². The number of nitrogens with zero attached hydrogens (tertiary/aromatic N) is 2. The van der Waals surface area contributed by atoms with Crippen LogP contribution in [0.1, 0.15) is 10.4 Å². The minimum absolute atomic E-state index is 0.0298. The number of aromatic amines is 1. The predicted octanol–water partition coefficient (Wildman–Crippen LogP) is 0.935. The van der Waals surface area contributed by atoms with Crippen LogP contribution in [0.4, 0.5) is 0 Å². The fraction of sp³-hybridized carbons (Fsp3) is 0.471. The second-order valence-electron chi connectivity index (χ2n) is 5.71. The Kier molecular flexibility index (Phi) is 5.27. The van der Waals surface area contributed by atoms with Gasteiger partial charge in [-0.05, 0) is 18.2 Å². The van der Waals surface area contributed by atoms with Crippen molar-refractivity contribution in [2.24, 2.45) is 0 Å². The van der Waals surface area contributed by atoms with Gasteiger partial charge in [-0.2, -0.15) is 0 Å². The second kappa shape index (κ2) is 7.59. The van der Waals surface area contributed by atoms with Crippen molar-refractivity contribution in [3.63, 3.8) is 0 Å². The maximum absolute atomic E-state index is 12.9. The molecule has 1 aliphatic rings. The van der Waals surface area contributed by atoms with Gasteiger partial charge in [-0.25, -0.2) is 0 Å². The maximum Gasteiger partial charge on any atom is 0.254 e. The molecule has 3 rings (SSSR count). The van der Waals surface area contributed by atoms with Crippen molar-refractivity contribution in [1.82, 2.24) is 14.8 Å². The van der Waals surface area contributed by atoms with Crippen LogP contribution in [0.2, 0.25) is 0 Å².